The topological polar surface area (TPSA) is 53.0 Å². The van der Waals surface area contributed by atoms with Crippen molar-refractivity contribution in [2.45, 2.75) is 50.0 Å². The molecule has 2 saturated heterocycles. The largest absolute Gasteiger partial charge is 0.355 e. The highest BCUT2D eigenvalue weighted by molar-refractivity contribution is 7.90. The molecule has 0 aromatic heterocycles. The number of hydrogen-bond acceptors (Lipinski definition) is 4. The molecule has 0 spiro atoms. The molecule has 2 unspecified atom stereocenters. The molecule has 2 atom stereocenters. The number of likely N-dealkylation sites (tertiary alicyclic amines) is 2. The van der Waals surface area contributed by atoms with Gasteiger partial charge in [0.1, 0.15) is 4.90 Å². The van der Waals surface area contributed by atoms with E-state index in [0.717, 1.165) is 31.6 Å². The molecule has 0 amide bonds. The zero-order valence-corrected chi connectivity index (χ0v) is 15.7. The van der Waals surface area contributed by atoms with Crippen LogP contribution in [0.15, 0.2) is 33.6 Å². The van der Waals surface area contributed by atoms with E-state index >= 15 is 0 Å². The highest BCUT2D eigenvalue weighted by atomic mass is 32.2. The zero-order chi connectivity index (χ0) is 17.4. The number of sulfonamides is 1. The Morgan fingerprint density at radius 1 is 1.12 bits per heavy atom. The molecule has 136 valence electrons. The van der Waals surface area contributed by atoms with Crippen molar-refractivity contribution in [3.05, 3.63) is 29.8 Å². The van der Waals surface area contributed by atoms with Crippen LogP contribution in [0.1, 0.15) is 44.6 Å². The molecule has 1 aromatic rings. The highest BCUT2D eigenvalue weighted by Gasteiger charge is 2.34. The van der Waals surface area contributed by atoms with Crippen molar-refractivity contribution in [2.24, 2.45) is 10.3 Å². The Balaban J connectivity index is 1.50. The van der Waals surface area contributed by atoms with Crippen LogP contribution in [-0.2, 0) is 10.0 Å². The summed E-state index contributed by atoms with van der Waals surface area (Å²) >= 11 is 0. The van der Waals surface area contributed by atoms with Gasteiger partial charge in [-0.25, -0.2) is 0 Å². The molecule has 5 nitrogen and oxygen atoms in total. The summed E-state index contributed by atoms with van der Waals surface area (Å²) in [6, 6.07) is 7.89. The second kappa shape index (κ2) is 6.72. The summed E-state index contributed by atoms with van der Waals surface area (Å²) in [7, 11) is -3.52. The van der Waals surface area contributed by atoms with E-state index < -0.39 is 10.0 Å². The molecular formula is C19H27N3O2S. The summed E-state index contributed by atoms with van der Waals surface area (Å²) in [5.74, 6) is 1.25. The molecule has 3 aliphatic rings. The first kappa shape index (κ1) is 17.0. The summed E-state index contributed by atoms with van der Waals surface area (Å²) < 4.78 is 28.8. The molecule has 0 bridgehead atoms. The van der Waals surface area contributed by atoms with E-state index in [1.807, 2.05) is 12.1 Å². The van der Waals surface area contributed by atoms with Crippen LogP contribution in [0.25, 0.3) is 0 Å². The Kier molecular flexibility index (Phi) is 4.58. The summed E-state index contributed by atoms with van der Waals surface area (Å²) in [4.78, 5) is 5.18. The van der Waals surface area contributed by atoms with E-state index in [-0.39, 0.29) is 0 Å². The Labute approximate surface area is 150 Å². The van der Waals surface area contributed by atoms with Gasteiger partial charge in [0, 0.05) is 31.2 Å². The van der Waals surface area contributed by atoms with Gasteiger partial charge < -0.3 is 9.80 Å². The summed E-state index contributed by atoms with van der Waals surface area (Å²) in [6.45, 7) is 6.47. The molecule has 0 aliphatic carbocycles. The number of rotatable bonds is 2. The van der Waals surface area contributed by atoms with Crippen LogP contribution in [0, 0.1) is 5.92 Å². The molecule has 0 saturated carbocycles. The number of nitrogens with zero attached hydrogens (tertiary/aromatic N) is 3. The van der Waals surface area contributed by atoms with Crippen molar-refractivity contribution in [1.29, 1.82) is 0 Å². The summed E-state index contributed by atoms with van der Waals surface area (Å²) in [5.41, 5.74) is 0.773. The summed E-state index contributed by atoms with van der Waals surface area (Å²) in [5, 5.41) is 0. The predicted octanol–water partition coefficient (Wildman–Crippen LogP) is 2.72. The maximum absolute atomic E-state index is 12.3. The fraction of sp³-hybridized carbons (Fsp3) is 0.632. The van der Waals surface area contributed by atoms with Gasteiger partial charge in [-0.3, -0.25) is 0 Å². The maximum atomic E-state index is 12.3. The molecule has 2 fully saturated rings. The lowest BCUT2D eigenvalue weighted by atomic mass is 9.94. The Morgan fingerprint density at radius 3 is 2.80 bits per heavy atom. The maximum Gasteiger partial charge on any atom is 0.285 e. The van der Waals surface area contributed by atoms with Gasteiger partial charge in [-0.15, -0.1) is 4.40 Å². The molecular weight excluding hydrogens is 334 g/mol. The van der Waals surface area contributed by atoms with Crippen LogP contribution < -0.4 is 0 Å². The molecule has 3 aliphatic heterocycles. The molecule has 0 radical (unpaired) electrons. The highest BCUT2D eigenvalue weighted by Crippen LogP contribution is 2.30. The average Bonchev–Trinajstić information content (AvgIpc) is 2.89. The first-order valence-electron chi connectivity index (χ1n) is 9.48. The van der Waals surface area contributed by atoms with Gasteiger partial charge in [0.25, 0.3) is 10.0 Å². The summed E-state index contributed by atoms with van der Waals surface area (Å²) in [6.07, 6.45) is 6.28. The second-order valence-corrected chi connectivity index (χ2v) is 9.25. The van der Waals surface area contributed by atoms with Crippen LogP contribution in [0.4, 0.5) is 0 Å². The third kappa shape index (κ3) is 3.34. The fourth-order valence-corrected chi connectivity index (χ4v) is 5.71. The quantitative estimate of drug-likeness (QED) is 0.813. The van der Waals surface area contributed by atoms with Gasteiger partial charge in [-0.2, -0.15) is 8.42 Å². The minimum absolute atomic E-state index is 0.358. The van der Waals surface area contributed by atoms with E-state index in [2.05, 4.69) is 21.1 Å². The first-order valence-corrected chi connectivity index (χ1v) is 10.9. The minimum Gasteiger partial charge on any atom is -0.355 e. The Hall–Kier alpha value is -1.40. The van der Waals surface area contributed by atoms with Crippen LogP contribution in [0.2, 0.25) is 0 Å². The van der Waals surface area contributed by atoms with Crippen LogP contribution in [-0.4, -0.2) is 56.3 Å². The van der Waals surface area contributed by atoms with E-state index in [0.29, 0.717) is 22.7 Å². The van der Waals surface area contributed by atoms with Crippen LogP contribution >= 0.6 is 0 Å². The second-order valence-electron chi connectivity index (χ2n) is 7.68. The fourth-order valence-electron chi connectivity index (χ4n) is 4.48. The molecule has 3 heterocycles. The van der Waals surface area contributed by atoms with Crippen molar-refractivity contribution in [2.75, 3.05) is 26.2 Å². The van der Waals surface area contributed by atoms with Crippen LogP contribution in [0.5, 0.6) is 0 Å². The van der Waals surface area contributed by atoms with Gasteiger partial charge in [0.2, 0.25) is 0 Å². The molecule has 1 aromatic carbocycles. The van der Waals surface area contributed by atoms with Gasteiger partial charge in [0.15, 0.2) is 5.84 Å². The van der Waals surface area contributed by atoms with Crippen molar-refractivity contribution in [3.8, 4) is 0 Å². The van der Waals surface area contributed by atoms with Gasteiger partial charge in [-0.1, -0.05) is 18.6 Å². The van der Waals surface area contributed by atoms with Crippen molar-refractivity contribution >= 4 is 15.9 Å². The first-order chi connectivity index (χ1) is 12.0. The van der Waals surface area contributed by atoms with E-state index in [4.69, 9.17) is 0 Å². The predicted molar refractivity (Wildman–Crippen MR) is 99.3 cm³/mol. The molecule has 0 N–H and O–H groups in total. The lowest BCUT2D eigenvalue weighted by Crippen LogP contribution is -2.46. The standard InChI is InChI=1S/C19H27N3O2S/c1-15-7-4-5-11-21(15)13-16-8-6-12-22(14-16)19-17-9-2-3-10-18(17)25(23,24)20-19/h2-3,9-10,15-16H,4-8,11-14H2,1H3. The lowest BCUT2D eigenvalue weighted by molar-refractivity contribution is 0.113. The van der Waals surface area contributed by atoms with Crippen molar-refractivity contribution in [3.63, 3.8) is 0 Å². The molecule has 25 heavy (non-hydrogen) atoms. The Morgan fingerprint density at radius 2 is 1.96 bits per heavy atom. The third-order valence-corrected chi connectivity index (χ3v) is 7.19. The smallest absolute Gasteiger partial charge is 0.285 e. The third-order valence-electron chi connectivity index (χ3n) is 5.86. The van der Waals surface area contributed by atoms with E-state index in [1.54, 1.807) is 12.1 Å². The van der Waals surface area contributed by atoms with Gasteiger partial charge in [-0.05, 0) is 57.2 Å². The van der Waals surface area contributed by atoms with Crippen molar-refractivity contribution in [1.82, 2.24) is 9.80 Å². The molecule has 6 heteroatoms. The molecule has 4 rings (SSSR count). The number of hydrogen-bond donors (Lipinski definition) is 0. The number of amidine groups is 1. The lowest BCUT2D eigenvalue weighted by Gasteiger charge is -2.40. The number of benzene rings is 1. The zero-order valence-electron chi connectivity index (χ0n) is 14.9. The minimum atomic E-state index is -3.52. The normalized spacial score (nSPS) is 29.3. The van der Waals surface area contributed by atoms with E-state index in [1.165, 1.54) is 32.2 Å². The van der Waals surface area contributed by atoms with Gasteiger partial charge >= 0.3 is 0 Å². The SMILES string of the molecule is CC1CCCCN1CC1CCCN(C2=NS(=O)(=O)c3ccccc32)C1. The number of fused-ring (bicyclic) bond motifs is 1. The van der Waals surface area contributed by atoms with Gasteiger partial charge in [0.05, 0.1) is 0 Å². The average molecular weight is 362 g/mol. The van der Waals surface area contributed by atoms with Crippen LogP contribution in [0.3, 0.4) is 0 Å². The Bertz CT molecular complexity index is 775. The van der Waals surface area contributed by atoms with E-state index in [9.17, 15) is 8.42 Å². The van der Waals surface area contributed by atoms with Crippen molar-refractivity contribution < 1.29 is 8.42 Å². The number of piperidine rings is 2. The monoisotopic (exact) mass is 361 g/mol.